The summed E-state index contributed by atoms with van der Waals surface area (Å²) in [7, 11) is 0. The minimum atomic E-state index is 0.0674. The summed E-state index contributed by atoms with van der Waals surface area (Å²) in [6, 6.07) is 0. The van der Waals surface area contributed by atoms with Crippen molar-refractivity contribution in [3.8, 4) is 0 Å². The van der Waals surface area contributed by atoms with E-state index in [-0.39, 0.29) is 5.78 Å². The van der Waals surface area contributed by atoms with E-state index in [1.807, 2.05) is 13.8 Å². The first-order valence-electron chi connectivity index (χ1n) is 3.62. The molecule has 2 nitrogen and oxygen atoms in total. The Labute approximate surface area is 70.3 Å². The Balaban J connectivity index is 3.05. The lowest BCUT2D eigenvalue weighted by Gasteiger charge is -1.86. The maximum Gasteiger partial charge on any atom is 0.188 e. The quantitative estimate of drug-likeness (QED) is 0.635. The van der Waals surface area contributed by atoms with Crippen molar-refractivity contribution in [1.29, 1.82) is 0 Å². The van der Waals surface area contributed by atoms with Crippen molar-refractivity contribution < 1.29 is 4.79 Å². The van der Waals surface area contributed by atoms with Crippen LogP contribution in [0.2, 0.25) is 0 Å². The normalized spacial score (nSPS) is 10.1. The molecule has 1 aromatic heterocycles. The van der Waals surface area contributed by atoms with Gasteiger partial charge in [-0.1, -0.05) is 6.92 Å². The summed E-state index contributed by atoms with van der Waals surface area (Å²) >= 11 is 1.49. The molecule has 0 aliphatic carbocycles. The van der Waals surface area contributed by atoms with Crippen LogP contribution in [0.15, 0.2) is 0 Å². The highest BCUT2D eigenvalue weighted by Crippen LogP contribution is 2.17. The van der Waals surface area contributed by atoms with Crippen LogP contribution in [0.4, 0.5) is 0 Å². The van der Waals surface area contributed by atoms with Crippen molar-refractivity contribution in [1.82, 2.24) is 4.98 Å². The summed E-state index contributed by atoms with van der Waals surface area (Å²) in [6.07, 6.45) is 0.912. The molecule has 0 saturated heterocycles. The van der Waals surface area contributed by atoms with Gasteiger partial charge >= 0.3 is 0 Å². The molecule has 0 unspecified atom stereocenters. The lowest BCUT2D eigenvalue weighted by atomic mass is 10.3. The van der Waals surface area contributed by atoms with Gasteiger partial charge in [0.15, 0.2) is 10.8 Å². The molecule has 0 bridgehead atoms. The second kappa shape index (κ2) is 3.13. The monoisotopic (exact) mass is 169 g/mol. The number of Topliss-reactive ketones (excluding diaryl/α,β-unsaturated/α-hetero) is 1. The fourth-order valence-corrected chi connectivity index (χ4v) is 1.80. The Kier molecular flexibility index (Phi) is 2.39. The molecule has 11 heavy (non-hydrogen) atoms. The first-order chi connectivity index (χ1) is 5.15. The van der Waals surface area contributed by atoms with E-state index in [9.17, 15) is 4.79 Å². The molecule has 0 aromatic carbocycles. The molecule has 0 amide bonds. The standard InChI is InChI=1S/C8H11NOS/c1-4-7-6(3)11-8(9-7)5(2)10/h4H2,1-3H3. The molecular formula is C8H11NOS. The number of aromatic nitrogens is 1. The van der Waals surface area contributed by atoms with E-state index in [0.29, 0.717) is 5.01 Å². The van der Waals surface area contributed by atoms with Crippen molar-refractivity contribution in [3.05, 3.63) is 15.6 Å². The van der Waals surface area contributed by atoms with E-state index < -0.39 is 0 Å². The number of hydrogen-bond acceptors (Lipinski definition) is 3. The number of rotatable bonds is 2. The zero-order valence-electron chi connectivity index (χ0n) is 6.97. The molecule has 0 N–H and O–H groups in total. The molecule has 0 radical (unpaired) electrons. The molecule has 1 aromatic rings. The van der Waals surface area contributed by atoms with Crippen LogP contribution in [0, 0.1) is 6.92 Å². The van der Waals surface area contributed by atoms with Gasteiger partial charge in [0.25, 0.3) is 0 Å². The van der Waals surface area contributed by atoms with Crippen LogP contribution in [0.3, 0.4) is 0 Å². The summed E-state index contributed by atoms with van der Waals surface area (Å²) in [5.41, 5.74) is 1.06. The minimum absolute atomic E-state index is 0.0674. The first kappa shape index (κ1) is 8.40. The Morgan fingerprint density at radius 1 is 1.64 bits per heavy atom. The SMILES string of the molecule is CCc1nc(C(C)=O)sc1C. The van der Waals surface area contributed by atoms with Crippen LogP contribution >= 0.6 is 11.3 Å². The molecule has 3 heteroatoms. The van der Waals surface area contributed by atoms with Crippen molar-refractivity contribution >= 4 is 17.1 Å². The number of ketones is 1. The fourth-order valence-electron chi connectivity index (χ4n) is 0.907. The van der Waals surface area contributed by atoms with Gasteiger partial charge in [0.1, 0.15) is 0 Å². The number of aryl methyl sites for hydroxylation is 2. The minimum Gasteiger partial charge on any atom is -0.292 e. The topological polar surface area (TPSA) is 30.0 Å². The molecule has 0 atom stereocenters. The summed E-state index contributed by atoms with van der Waals surface area (Å²) in [6.45, 7) is 5.60. The van der Waals surface area contributed by atoms with E-state index in [1.54, 1.807) is 6.92 Å². The summed E-state index contributed by atoms with van der Waals surface area (Å²) in [4.78, 5) is 16.2. The zero-order valence-corrected chi connectivity index (χ0v) is 7.79. The predicted octanol–water partition coefficient (Wildman–Crippen LogP) is 2.22. The van der Waals surface area contributed by atoms with E-state index >= 15 is 0 Å². The second-order valence-electron chi connectivity index (χ2n) is 2.43. The van der Waals surface area contributed by atoms with E-state index in [0.717, 1.165) is 17.0 Å². The average Bonchev–Trinajstić information content (AvgIpc) is 2.31. The van der Waals surface area contributed by atoms with Crippen LogP contribution in [0.25, 0.3) is 0 Å². The van der Waals surface area contributed by atoms with Crippen LogP contribution < -0.4 is 0 Å². The maximum absolute atomic E-state index is 10.9. The Bertz CT molecular complexity index is 278. The third kappa shape index (κ3) is 1.66. The molecular weight excluding hydrogens is 158 g/mol. The van der Waals surface area contributed by atoms with Crippen molar-refractivity contribution in [2.24, 2.45) is 0 Å². The number of carbonyl (C=O) groups is 1. The number of carbonyl (C=O) groups excluding carboxylic acids is 1. The Morgan fingerprint density at radius 3 is 2.55 bits per heavy atom. The number of hydrogen-bond donors (Lipinski definition) is 0. The molecule has 0 spiro atoms. The van der Waals surface area contributed by atoms with Crippen molar-refractivity contribution in [2.75, 3.05) is 0 Å². The first-order valence-corrected chi connectivity index (χ1v) is 4.44. The van der Waals surface area contributed by atoms with Crippen molar-refractivity contribution in [3.63, 3.8) is 0 Å². The molecule has 0 aliphatic heterocycles. The van der Waals surface area contributed by atoms with Gasteiger partial charge < -0.3 is 0 Å². The lowest BCUT2D eigenvalue weighted by Crippen LogP contribution is -1.90. The van der Waals surface area contributed by atoms with Gasteiger partial charge in [0.2, 0.25) is 0 Å². The molecule has 0 fully saturated rings. The van der Waals surface area contributed by atoms with Gasteiger partial charge in [-0.25, -0.2) is 4.98 Å². The number of nitrogens with zero attached hydrogens (tertiary/aromatic N) is 1. The van der Waals surface area contributed by atoms with Crippen molar-refractivity contribution in [2.45, 2.75) is 27.2 Å². The highest BCUT2D eigenvalue weighted by atomic mass is 32.1. The maximum atomic E-state index is 10.9. The highest BCUT2D eigenvalue weighted by Gasteiger charge is 2.08. The van der Waals surface area contributed by atoms with Crippen LogP contribution in [-0.2, 0) is 6.42 Å². The van der Waals surface area contributed by atoms with Crippen LogP contribution in [0.1, 0.15) is 34.2 Å². The summed E-state index contributed by atoms with van der Waals surface area (Å²) < 4.78 is 0. The molecule has 0 saturated carbocycles. The van der Waals surface area contributed by atoms with E-state index in [4.69, 9.17) is 0 Å². The molecule has 1 rings (SSSR count). The Hall–Kier alpha value is -0.700. The third-order valence-corrected chi connectivity index (χ3v) is 2.64. The summed E-state index contributed by atoms with van der Waals surface area (Å²) in [5, 5.41) is 0.638. The smallest absolute Gasteiger partial charge is 0.188 e. The average molecular weight is 169 g/mol. The van der Waals surface area contributed by atoms with Gasteiger partial charge in [0, 0.05) is 11.8 Å². The van der Waals surface area contributed by atoms with Gasteiger partial charge in [0.05, 0.1) is 5.69 Å². The lowest BCUT2D eigenvalue weighted by molar-refractivity contribution is 0.101. The molecule has 1 heterocycles. The van der Waals surface area contributed by atoms with Gasteiger partial charge in [-0.3, -0.25) is 4.79 Å². The number of thiazole rings is 1. The summed E-state index contributed by atoms with van der Waals surface area (Å²) in [5.74, 6) is 0.0674. The van der Waals surface area contributed by atoms with Gasteiger partial charge in [-0.15, -0.1) is 11.3 Å². The zero-order chi connectivity index (χ0) is 8.43. The second-order valence-corrected chi connectivity index (χ2v) is 3.63. The molecule has 0 aliphatic rings. The Morgan fingerprint density at radius 2 is 2.27 bits per heavy atom. The third-order valence-electron chi connectivity index (χ3n) is 1.53. The largest absolute Gasteiger partial charge is 0.292 e. The van der Waals surface area contributed by atoms with Crippen LogP contribution in [-0.4, -0.2) is 10.8 Å². The fraction of sp³-hybridized carbons (Fsp3) is 0.500. The van der Waals surface area contributed by atoms with Gasteiger partial charge in [-0.2, -0.15) is 0 Å². The van der Waals surface area contributed by atoms with Gasteiger partial charge in [-0.05, 0) is 13.3 Å². The van der Waals surface area contributed by atoms with E-state index in [2.05, 4.69) is 4.98 Å². The van der Waals surface area contributed by atoms with E-state index in [1.165, 1.54) is 11.3 Å². The van der Waals surface area contributed by atoms with Crippen LogP contribution in [0.5, 0.6) is 0 Å². The predicted molar refractivity (Wildman–Crippen MR) is 46.2 cm³/mol. The highest BCUT2D eigenvalue weighted by molar-refractivity contribution is 7.13. The molecule has 60 valence electrons.